The number of carbonyl (C=O) groups is 1. The molecule has 1 rings (SSSR count). The second kappa shape index (κ2) is 5.22. The smallest absolute Gasteiger partial charge is 0.181 e. The average molecular weight is 258 g/mol. The molecule has 0 aliphatic carbocycles. The lowest BCUT2D eigenvalue weighted by molar-refractivity contribution is 0.0966. The fourth-order valence-electron chi connectivity index (χ4n) is 1.06. The van der Waals surface area contributed by atoms with Crippen LogP contribution in [0, 0.1) is 6.92 Å². The Labute approximate surface area is 91.3 Å². The first-order valence-corrected chi connectivity index (χ1v) is 5.20. The zero-order chi connectivity index (χ0) is 10.6. The van der Waals surface area contributed by atoms with Gasteiger partial charge in [0.2, 0.25) is 0 Å². The molecule has 0 bridgehead atoms. The Morgan fingerprint density at radius 2 is 2.36 bits per heavy atom. The molecule has 0 aliphatic rings. The van der Waals surface area contributed by atoms with Crippen molar-refractivity contribution in [2.75, 3.05) is 6.61 Å². The summed E-state index contributed by atoms with van der Waals surface area (Å²) < 4.78 is 0.899. The van der Waals surface area contributed by atoms with E-state index in [0.717, 1.165) is 10.0 Å². The first kappa shape index (κ1) is 11.3. The Kier molecular flexibility index (Phi) is 4.22. The van der Waals surface area contributed by atoms with E-state index in [1.165, 1.54) is 0 Å². The number of aromatic nitrogens is 1. The van der Waals surface area contributed by atoms with Crippen LogP contribution in [-0.4, -0.2) is 22.5 Å². The molecule has 3 nitrogen and oxygen atoms in total. The Morgan fingerprint density at radius 3 is 2.93 bits per heavy atom. The van der Waals surface area contributed by atoms with Gasteiger partial charge in [0.1, 0.15) is 5.69 Å². The van der Waals surface area contributed by atoms with E-state index in [4.69, 9.17) is 5.11 Å². The van der Waals surface area contributed by atoms with Crippen LogP contribution in [0.3, 0.4) is 0 Å². The van der Waals surface area contributed by atoms with Crippen molar-refractivity contribution < 1.29 is 9.90 Å². The quantitative estimate of drug-likeness (QED) is 0.841. The number of hydrogen-bond donors (Lipinski definition) is 1. The fourth-order valence-corrected chi connectivity index (χ4v) is 1.28. The molecule has 0 saturated carbocycles. The summed E-state index contributed by atoms with van der Waals surface area (Å²) in [6.45, 7) is 1.95. The van der Waals surface area contributed by atoms with Crippen LogP contribution in [0.4, 0.5) is 0 Å². The highest BCUT2D eigenvalue weighted by molar-refractivity contribution is 9.10. The van der Waals surface area contributed by atoms with Crippen LogP contribution in [0.5, 0.6) is 0 Å². The van der Waals surface area contributed by atoms with Gasteiger partial charge in [-0.05, 0) is 40.9 Å². The van der Waals surface area contributed by atoms with Crippen LogP contribution in [0.25, 0.3) is 0 Å². The van der Waals surface area contributed by atoms with Gasteiger partial charge in [0.15, 0.2) is 5.78 Å². The molecule has 0 unspecified atom stereocenters. The van der Waals surface area contributed by atoms with Gasteiger partial charge in [-0.25, -0.2) is 0 Å². The zero-order valence-corrected chi connectivity index (χ0v) is 9.54. The summed E-state index contributed by atoms with van der Waals surface area (Å²) in [6.07, 6.45) is 2.47. The van der Waals surface area contributed by atoms with Crippen molar-refractivity contribution in [3.63, 3.8) is 0 Å². The predicted molar refractivity (Wildman–Crippen MR) is 57.3 cm³/mol. The summed E-state index contributed by atoms with van der Waals surface area (Å²) in [5.74, 6) is -0.0188. The van der Waals surface area contributed by atoms with Gasteiger partial charge in [-0.15, -0.1) is 0 Å². The molecule has 1 aromatic rings. The Hall–Kier alpha value is -0.740. The van der Waals surface area contributed by atoms with Gasteiger partial charge in [0, 0.05) is 23.7 Å². The maximum absolute atomic E-state index is 11.5. The van der Waals surface area contributed by atoms with E-state index < -0.39 is 0 Å². The second-order valence-electron chi connectivity index (χ2n) is 3.07. The van der Waals surface area contributed by atoms with E-state index >= 15 is 0 Å². The third-order valence-electron chi connectivity index (χ3n) is 1.89. The van der Waals surface area contributed by atoms with E-state index in [1.807, 2.05) is 6.92 Å². The molecule has 0 aliphatic heterocycles. The predicted octanol–water partition coefficient (Wildman–Crippen LogP) is 2.11. The lowest BCUT2D eigenvalue weighted by Gasteiger charge is -2.01. The number of pyridine rings is 1. The third kappa shape index (κ3) is 2.89. The van der Waals surface area contributed by atoms with Crippen molar-refractivity contribution in [1.82, 2.24) is 4.98 Å². The van der Waals surface area contributed by atoms with Crippen LogP contribution in [0.2, 0.25) is 0 Å². The maximum atomic E-state index is 11.5. The molecule has 0 radical (unpaired) electrons. The van der Waals surface area contributed by atoms with Gasteiger partial charge in [-0.2, -0.15) is 0 Å². The Balaban J connectivity index is 2.76. The number of ketones is 1. The number of nitrogens with zero attached hydrogens (tertiary/aromatic N) is 1. The van der Waals surface area contributed by atoms with Crippen molar-refractivity contribution in [3.8, 4) is 0 Å². The highest BCUT2D eigenvalue weighted by Gasteiger charge is 2.07. The number of carbonyl (C=O) groups excluding carboxylic acids is 1. The SMILES string of the molecule is Cc1cc(C(=O)CCCO)ncc1Br. The standard InChI is InChI=1S/C10H12BrNO2/c1-7-5-9(12-6-8(7)11)10(14)3-2-4-13/h5-6,13H,2-4H2,1H3. The first-order valence-electron chi connectivity index (χ1n) is 4.41. The summed E-state index contributed by atoms with van der Waals surface area (Å²) in [6, 6.07) is 1.75. The lowest BCUT2D eigenvalue weighted by Crippen LogP contribution is -2.03. The molecule has 1 N–H and O–H groups in total. The molecular weight excluding hydrogens is 246 g/mol. The number of hydrogen-bond acceptors (Lipinski definition) is 3. The van der Waals surface area contributed by atoms with E-state index in [0.29, 0.717) is 18.5 Å². The molecule has 0 atom stereocenters. The minimum atomic E-state index is -0.0188. The van der Waals surface area contributed by atoms with Gasteiger partial charge < -0.3 is 5.11 Å². The minimum absolute atomic E-state index is 0.0188. The molecular formula is C10H12BrNO2. The summed E-state index contributed by atoms with van der Waals surface area (Å²) in [5.41, 5.74) is 1.46. The van der Waals surface area contributed by atoms with Gasteiger partial charge in [0.05, 0.1) is 0 Å². The van der Waals surface area contributed by atoms with Crippen LogP contribution < -0.4 is 0 Å². The third-order valence-corrected chi connectivity index (χ3v) is 2.72. The summed E-state index contributed by atoms with van der Waals surface area (Å²) in [7, 11) is 0. The van der Waals surface area contributed by atoms with Crippen LogP contribution >= 0.6 is 15.9 Å². The maximum Gasteiger partial charge on any atom is 0.181 e. The van der Waals surface area contributed by atoms with Gasteiger partial charge >= 0.3 is 0 Å². The second-order valence-corrected chi connectivity index (χ2v) is 3.92. The molecule has 0 spiro atoms. The highest BCUT2D eigenvalue weighted by atomic mass is 79.9. The van der Waals surface area contributed by atoms with E-state index in [1.54, 1.807) is 12.3 Å². The minimum Gasteiger partial charge on any atom is -0.396 e. The summed E-state index contributed by atoms with van der Waals surface area (Å²) in [5, 5.41) is 8.58. The molecule has 0 amide bonds. The molecule has 0 saturated heterocycles. The van der Waals surface area contributed by atoms with Gasteiger partial charge in [-0.3, -0.25) is 9.78 Å². The summed E-state index contributed by atoms with van der Waals surface area (Å²) >= 11 is 3.32. The number of rotatable bonds is 4. The summed E-state index contributed by atoms with van der Waals surface area (Å²) in [4.78, 5) is 15.5. The van der Waals surface area contributed by atoms with E-state index in [9.17, 15) is 4.79 Å². The van der Waals surface area contributed by atoms with Crippen LogP contribution in [0.1, 0.15) is 28.9 Å². The van der Waals surface area contributed by atoms with Crippen molar-refractivity contribution in [1.29, 1.82) is 0 Å². The normalized spacial score (nSPS) is 10.2. The Bertz CT molecular complexity index is 339. The number of aryl methyl sites for hydroxylation is 1. The van der Waals surface area contributed by atoms with E-state index in [2.05, 4.69) is 20.9 Å². The van der Waals surface area contributed by atoms with Crippen LogP contribution in [-0.2, 0) is 0 Å². The highest BCUT2D eigenvalue weighted by Crippen LogP contribution is 2.15. The zero-order valence-electron chi connectivity index (χ0n) is 7.96. The van der Waals surface area contributed by atoms with Gasteiger partial charge in [0.25, 0.3) is 0 Å². The lowest BCUT2D eigenvalue weighted by atomic mass is 10.1. The monoisotopic (exact) mass is 257 g/mol. The number of halogens is 1. The number of aliphatic hydroxyl groups is 1. The number of aliphatic hydroxyl groups excluding tert-OH is 1. The van der Waals surface area contributed by atoms with Crippen LogP contribution in [0.15, 0.2) is 16.7 Å². The van der Waals surface area contributed by atoms with Crippen molar-refractivity contribution >= 4 is 21.7 Å². The van der Waals surface area contributed by atoms with Crippen molar-refractivity contribution in [2.24, 2.45) is 0 Å². The molecule has 4 heteroatoms. The average Bonchev–Trinajstić information content (AvgIpc) is 2.18. The number of Topliss-reactive ketones (excluding diaryl/α,β-unsaturated/α-hetero) is 1. The Morgan fingerprint density at radius 1 is 1.64 bits per heavy atom. The fraction of sp³-hybridized carbons (Fsp3) is 0.400. The molecule has 14 heavy (non-hydrogen) atoms. The largest absolute Gasteiger partial charge is 0.396 e. The molecule has 1 aromatic heterocycles. The van der Waals surface area contributed by atoms with Gasteiger partial charge in [-0.1, -0.05) is 0 Å². The molecule has 1 heterocycles. The topological polar surface area (TPSA) is 50.2 Å². The molecule has 76 valence electrons. The first-order chi connectivity index (χ1) is 6.65. The van der Waals surface area contributed by atoms with Crippen molar-refractivity contribution in [2.45, 2.75) is 19.8 Å². The van der Waals surface area contributed by atoms with E-state index in [-0.39, 0.29) is 12.4 Å². The van der Waals surface area contributed by atoms with Crippen molar-refractivity contribution in [3.05, 3.63) is 28.0 Å². The molecule has 0 fully saturated rings. The molecule has 0 aromatic carbocycles.